The summed E-state index contributed by atoms with van der Waals surface area (Å²) in [6, 6.07) is 19.2. The summed E-state index contributed by atoms with van der Waals surface area (Å²) in [4.78, 5) is 33.2. The summed E-state index contributed by atoms with van der Waals surface area (Å²) in [6.45, 7) is 1.85. The number of nitrogens with zero attached hydrogens (tertiary/aromatic N) is 3. The van der Waals surface area contributed by atoms with Gasteiger partial charge in [0.15, 0.2) is 5.16 Å². The van der Waals surface area contributed by atoms with E-state index in [4.69, 9.17) is 4.98 Å². The van der Waals surface area contributed by atoms with Gasteiger partial charge in [-0.15, -0.1) is 11.3 Å². The minimum Gasteiger partial charge on any atom is -0.272 e. The molecule has 0 spiro atoms. The first kappa shape index (κ1) is 22.6. The molecule has 5 rings (SSSR count). The summed E-state index contributed by atoms with van der Waals surface area (Å²) in [6.07, 6.45) is 4.18. The minimum absolute atomic E-state index is 0.0588. The average Bonchev–Trinajstić information content (AvgIpc) is 3.25. The topological polar surface area (TPSA) is 76.3 Å². The van der Waals surface area contributed by atoms with Gasteiger partial charge in [-0.05, 0) is 55.9 Å². The number of hydrazone groups is 1. The first-order valence-electron chi connectivity index (χ1n) is 11.3. The third-order valence-electron chi connectivity index (χ3n) is 5.84. The maximum Gasteiger partial charge on any atom is 0.267 e. The average molecular weight is 489 g/mol. The van der Waals surface area contributed by atoms with E-state index in [2.05, 4.69) is 10.5 Å². The molecule has 172 valence electrons. The SMILES string of the molecule is CC(=NNC(=O)CSc1nc2sc3c(c2c(=O)n1-c1ccccc1)CCCC3)c1ccccc1. The van der Waals surface area contributed by atoms with Crippen LogP contribution in [0.2, 0.25) is 0 Å². The monoisotopic (exact) mass is 488 g/mol. The van der Waals surface area contributed by atoms with Gasteiger partial charge in [0.1, 0.15) is 4.83 Å². The number of carbonyl (C=O) groups is 1. The van der Waals surface area contributed by atoms with Gasteiger partial charge in [-0.1, -0.05) is 60.3 Å². The van der Waals surface area contributed by atoms with Crippen LogP contribution in [0.25, 0.3) is 15.9 Å². The number of hydrogen-bond acceptors (Lipinski definition) is 6. The molecule has 0 atom stereocenters. The highest BCUT2D eigenvalue weighted by Crippen LogP contribution is 2.35. The molecular weight excluding hydrogens is 464 g/mol. The number of fused-ring (bicyclic) bond motifs is 3. The molecule has 8 heteroatoms. The highest BCUT2D eigenvalue weighted by Gasteiger charge is 2.23. The molecule has 2 heterocycles. The van der Waals surface area contributed by atoms with Crippen LogP contribution < -0.4 is 11.0 Å². The predicted octanol–water partition coefficient (Wildman–Crippen LogP) is 4.96. The largest absolute Gasteiger partial charge is 0.272 e. The first-order valence-corrected chi connectivity index (χ1v) is 13.1. The minimum atomic E-state index is -0.250. The molecule has 0 radical (unpaired) electrons. The number of benzene rings is 2. The van der Waals surface area contributed by atoms with Crippen LogP contribution in [0.1, 0.15) is 35.8 Å². The van der Waals surface area contributed by atoms with Gasteiger partial charge in [0.05, 0.1) is 22.5 Å². The van der Waals surface area contributed by atoms with Crippen LogP contribution in [0.15, 0.2) is 75.7 Å². The molecule has 4 aromatic rings. The van der Waals surface area contributed by atoms with E-state index in [-0.39, 0.29) is 17.2 Å². The molecule has 1 N–H and O–H groups in total. The Morgan fingerprint density at radius 3 is 2.56 bits per heavy atom. The fraction of sp³-hybridized carbons (Fsp3) is 0.231. The lowest BCUT2D eigenvalue weighted by atomic mass is 9.97. The molecule has 6 nitrogen and oxygen atoms in total. The third kappa shape index (κ3) is 4.56. The van der Waals surface area contributed by atoms with Crippen molar-refractivity contribution < 1.29 is 4.79 Å². The van der Waals surface area contributed by atoms with Crippen molar-refractivity contribution in [2.75, 3.05) is 5.75 Å². The lowest BCUT2D eigenvalue weighted by molar-refractivity contribution is -0.118. The van der Waals surface area contributed by atoms with Crippen molar-refractivity contribution in [1.82, 2.24) is 15.0 Å². The van der Waals surface area contributed by atoms with Gasteiger partial charge in [-0.25, -0.2) is 10.4 Å². The van der Waals surface area contributed by atoms with Gasteiger partial charge in [-0.3, -0.25) is 14.2 Å². The predicted molar refractivity (Wildman–Crippen MR) is 139 cm³/mol. The van der Waals surface area contributed by atoms with Gasteiger partial charge in [0.2, 0.25) is 0 Å². The summed E-state index contributed by atoms with van der Waals surface area (Å²) >= 11 is 2.87. The molecule has 1 aliphatic rings. The zero-order valence-corrected chi connectivity index (χ0v) is 20.4. The first-order chi connectivity index (χ1) is 16.6. The molecule has 34 heavy (non-hydrogen) atoms. The van der Waals surface area contributed by atoms with Gasteiger partial charge in [0.25, 0.3) is 11.5 Å². The quantitative estimate of drug-likeness (QED) is 0.180. The van der Waals surface area contributed by atoms with Crippen molar-refractivity contribution >= 4 is 44.9 Å². The van der Waals surface area contributed by atoms with E-state index in [1.54, 1.807) is 15.9 Å². The third-order valence-corrected chi connectivity index (χ3v) is 7.97. The second-order valence-electron chi connectivity index (χ2n) is 8.15. The van der Waals surface area contributed by atoms with Crippen LogP contribution in [0.5, 0.6) is 0 Å². The number of nitrogens with one attached hydrogen (secondary N) is 1. The fourth-order valence-corrected chi connectivity index (χ4v) is 6.25. The number of para-hydroxylation sites is 1. The van der Waals surface area contributed by atoms with Crippen molar-refractivity contribution in [3.63, 3.8) is 0 Å². The zero-order chi connectivity index (χ0) is 23.5. The van der Waals surface area contributed by atoms with Crippen molar-refractivity contribution in [2.45, 2.75) is 37.8 Å². The maximum atomic E-state index is 13.7. The Labute approximate surface area is 205 Å². The van der Waals surface area contributed by atoms with Crippen LogP contribution in [0.3, 0.4) is 0 Å². The van der Waals surface area contributed by atoms with E-state index in [1.807, 2.05) is 67.6 Å². The molecule has 2 aromatic heterocycles. The molecule has 1 aliphatic carbocycles. The number of rotatable bonds is 6. The highest BCUT2D eigenvalue weighted by atomic mass is 32.2. The standard InChI is InChI=1S/C26H24N4O2S2/c1-17(18-10-4-2-5-11-18)28-29-22(31)16-33-26-27-24-23(20-14-8-9-15-21(20)34-24)25(32)30(26)19-12-6-3-7-13-19/h2-7,10-13H,8-9,14-16H2,1H3,(H,29,31). The summed E-state index contributed by atoms with van der Waals surface area (Å²) in [5, 5.41) is 5.47. The number of thiophene rings is 1. The molecule has 0 bridgehead atoms. The van der Waals surface area contributed by atoms with Crippen molar-refractivity contribution in [3.05, 3.63) is 87.0 Å². The lowest BCUT2D eigenvalue weighted by Crippen LogP contribution is -2.24. The molecular formula is C26H24N4O2S2. The van der Waals surface area contributed by atoms with E-state index in [1.165, 1.54) is 16.6 Å². The van der Waals surface area contributed by atoms with E-state index in [0.717, 1.165) is 58.4 Å². The zero-order valence-electron chi connectivity index (χ0n) is 18.8. The molecule has 0 saturated heterocycles. The Bertz CT molecular complexity index is 1430. The summed E-state index contributed by atoms with van der Waals surface area (Å²) in [5.41, 5.74) is 6.14. The number of carbonyl (C=O) groups excluding carboxylic acids is 1. The van der Waals surface area contributed by atoms with Crippen LogP contribution in [-0.4, -0.2) is 26.9 Å². The van der Waals surface area contributed by atoms with Crippen LogP contribution in [0.4, 0.5) is 0 Å². The molecule has 0 saturated carbocycles. The lowest BCUT2D eigenvalue weighted by Gasteiger charge is -2.13. The number of hydrogen-bond donors (Lipinski definition) is 1. The van der Waals surface area contributed by atoms with E-state index < -0.39 is 0 Å². The fourth-order valence-electron chi connectivity index (χ4n) is 4.14. The van der Waals surface area contributed by atoms with Gasteiger partial charge in [-0.2, -0.15) is 5.10 Å². The van der Waals surface area contributed by atoms with Crippen LogP contribution >= 0.6 is 23.1 Å². The molecule has 0 unspecified atom stereocenters. The van der Waals surface area contributed by atoms with Crippen molar-refractivity contribution in [1.29, 1.82) is 0 Å². The van der Waals surface area contributed by atoms with E-state index in [9.17, 15) is 9.59 Å². The van der Waals surface area contributed by atoms with Crippen molar-refractivity contribution in [2.24, 2.45) is 5.10 Å². The van der Waals surface area contributed by atoms with E-state index >= 15 is 0 Å². The summed E-state index contributed by atoms with van der Waals surface area (Å²) in [7, 11) is 0. The molecule has 0 aliphatic heterocycles. The smallest absolute Gasteiger partial charge is 0.267 e. The number of aryl methyl sites for hydroxylation is 2. The second-order valence-corrected chi connectivity index (χ2v) is 10.2. The van der Waals surface area contributed by atoms with Gasteiger partial charge in [0, 0.05) is 4.88 Å². The normalized spacial score (nSPS) is 13.6. The summed E-state index contributed by atoms with van der Waals surface area (Å²) in [5.74, 6) is -0.152. The van der Waals surface area contributed by atoms with Gasteiger partial charge < -0.3 is 0 Å². The van der Waals surface area contributed by atoms with Crippen LogP contribution in [-0.2, 0) is 17.6 Å². The Morgan fingerprint density at radius 2 is 1.79 bits per heavy atom. The maximum absolute atomic E-state index is 13.7. The highest BCUT2D eigenvalue weighted by molar-refractivity contribution is 7.99. The van der Waals surface area contributed by atoms with Crippen molar-refractivity contribution in [3.8, 4) is 5.69 Å². The Morgan fingerprint density at radius 1 is 1.09 bits per heavy atom. The Hall–Kier alpha value is -3.23. The number of aromatic nitrogens is 2. The second kappa shape index (κ2) is 9.95. The van der Waals surface area contributed by atoms with Gasteiger partial charge >= 0.3 is 0 Å². The number of thioether (sulfide) groups is 1. The Kier molecular flexibility index (Phi) is 6.60. The molecule has 2 aromatic carbocycles. The van der Waals surface area contributed by atoms with E-state index in [0.29, 0.717) is 5.16 Å². The van der Waals surface area contributed by atoms with Crippen LogP contribution in [0, 0.1) is 0 Å². The summed E-state index contributed by atoms with van der Waals surface area (Å²) < 4.78 is 1.64. The molecule has 1 amide bonds. The Balaban J connectivity index is 1.44. The number of amides is 1. The molecule has 0 fully saturated rings.